The van der Waals surface area contributed by atoms with E-state index in [-0.39, 0.29) is 28.9 Å². The highest BCUT2D eigenvalue weighted by molar-refractivity contribution is 6.74. The lowest BCUT2D eigenvalue weighted by Gasteiger charge is -2.40. The van der Waals surface area contributed by atoms with Gasteiger partial charge in [-0.15, -0.1) is 23.2 Å². The van der Waals surface area contributed by atoms with E-state index in [1.54, 1.807) is 0 Å². The Morgan fingerprint density at radius 1 is 1.09 bits per heavy atom. The second kappa shape index (κ2) is 8.22. The molecule has 0 saturated carbocycles. The van der Waals surface area contributed by atoms with Crippen molar-refractivity contribution in [1.29, 1.82) is 0 Å². The first-order valence-electron chi connectivity index (χ1n) is 7.53. The minimum Gasteiger partial charge on any atom is -0.444 e. The highest BCUT2D eigenvalue weighted by atomic mass is 35.5. The van der Waals surface area contributed by atoms with Gasteiger partial charge in [-0.05, 0) is 38.9 Å². The summed E-state index contributed by atoms with van der Waals surface area (Å²) >= 11 is 12.1. The third-order valence-electron chi connectivity index (χ3n) is 3.72. The van der Waals surface area contributed by atoms with Crippen LogP contribution < -0.4 is 5.32 Å². The van der Waals surface area contributed by atoms with Crippen molar-refractivity contribution in [3.05, 3.63) is 0 Å². The van der Waals surface area contributed by atoms with Gasteiger partial charge in [0.15, 0.2) is 8.32 Å². The first kappa shape index (κ1) is 22.0. The van der Waals surface area contributed by atoms with E-state index in [4.69, 9.17) is 32.4 Å². The Kier molecular flexibility index (Phi) is 8.23. The minimum atomic E-state index is -2.00. The molecule has 7 heteroatoms. The second-order valence-electron chi connectivity index (χ2n) is 7.98. The third-order valence-corrected chi connectivity index (χ3v) is 8.86. The molecular formula is C15H31Cl2NO3Si. The van der Waals surface area contributed by atoms with Crippen molar-refractivity contribution in [2.45, 2.75) is 77.4 Å². The molecule has 0 saturated heterocycles. The fourth-order valence-corrected chi connectivity index (χ4v) is 3.48. The molecule has 0 aromatic carbocycles. The standard InChI is InChI=1S/C15H31Cl2NO3Si/c1-14(2,3)20-13(19)18-11(9-16)12(10-17)21-22(7,8)15(4,5)6/h11-12H,9-10H2,1-8H3,(H,18,19). The van der Waals surface area contributed by atoms with Crippen molar-refractivity contribution >= 4 is 37.6 Å². The van der Waals surface area contributed by atoms with Crippen molar-refractivity contribution in [2.75, 3.05) is 11.8 Å². The maximum atomic E-state index is 11.9. The maximum Gasteiger partial charge on any atom is 0.408 e. The Bertz CT molecular complexity index is 365. The summed E-state index contributed by atoms with van der Waals surface area (Å²) < 4.78 is 11.6. The van der Waals surface area contributed by atoms with Crippen LogP contribution in [-0.2, 0) is 9.16 Å². The molecule has 22 heavy (non-hydrogen) atoms. The van der Waals surface area contributed by atoms with E-state index in [0.717, 1.165) is 0 Å². The lowest BCUT2D eigenvalue weighted by Crippen LogP contribution is -2.53. The summed E-state index contributed by atoms with van der Waals surface area (Å²) in [4.78, 5) is 11.9. The predicted octanol–water partition coefficient (Wildman–Crippen LogP) is 4.75. The Hall–Kier alpha value is 0.0269. The topological polar surface area (TPSA) is 47.6 Å². The zero-order valence-electron chi connectivity index (χ0n) is 15.0. The molecule has 0 bridgehead atoms. The summed E-state index contributed by atoms with van der Waals surface area (Å²) in [5.74, 6) is 0.477. The van der Waals surface area contributed by atoms with Gasteiger partial charge in [0.05, 0.1) is 12.1 Å². The van der Waals surface area contributed by atoms with E-state index in [0.29, 0.717) is 0 Å². The predicted molar refractivity (Wildman–Crippen MR) is 96.7 cm³/mol. The van der Waals surface area contributed by atoms with Crippen LogP contribution >= 0.6 is 23.2 Å². The van der Waals surface area contributed by atoms with Crippen LogP contribution in [0.15, 0.2) is 0 Å². The number of halogens is 2. The van der Waals surface area contributed by atoms with Gasteiger partial charge in [0.1, 0.15) is 5.60 Å². The summed E-state index contributed by atoms with van der Waals surface area (Å²) in [5.41, 5.74) is -0.558. The average Bonchev–Trinajstić information content (AvgIpc) is 2.29. The highest BCUT2D eigenvalue weighted by Crippen LogP contribution is 2.37. The molecule has 0 aliphatic carbocycles. The van der Waals surface area contributed by atoms with Crippen LogP contribution in [0.5, 0.6) is 0 Å². The molecule has 0 aliphatic rings. The van der Waals surface area contributed by atoms with Gasteiger partial charge < -0.3 is 14.5 Å². The van der Waals surface area contributed by atoms with Crippen LogP contribution in [0.1, 0.15) is 41.5 Å². The van der Waals surface area contributed by atoms with Crippen molar-refractivity contribution in [3.8, 4) is 0 Å². The minimum absolute atomic E-state index is 0.0556. The van der Waals surface area contributed by atoms with Crippen molar-refractivity contribution in [1.82, 2.24) is 5.32 Å². The van der Waals surface area contributed by atoms with Crippen LogP contribution in [0.25, 0.3) is 0 Å². The Morgan fingerprint density at radius 3 is 1.91 bits per heavy atom. The number of carbonyl (C=O) groups is 1. The number of alkyl carbamates (subject to hydrolysis) is 1. The molecule has 1 amide bonds. The van der Waals surface area contributed by atoms with Crippen LogP contribution in [0.2, 0.25) is 18.1 Å². The number of amides is 1. The van der Waals surface area contributed by atoms with Gasteiger partial charge in [0.2, 0.25) is 0 Å². The monoisotopic (exact) mass is 371 g/mol. The quantitative estimate of drug-likeness (QED) is 0.541. The molecule has 0 spiro atoms. The lowest BCUT2D eigenvalue weighted by molar-refractivity contribution is 0.0460. The maximum absolute atomic E-state index is 11.9. The first-order valence-corrected chi connectivity index (χ1v) is 11.5. The molecular weight excluding hydrogens is 341 g/mol. The molecule has 2 unspecified atom stereocenters. The number of carbonyl (C=O) groups excluding carboxylic acids is 1. The summed E-state index contributed by atoms with van der Waals surface area (Å²) in [7, 11) is -2.00. The van der Waals surface area contributed by atoms with Crippen molar-refractivity contribution < 1.29 is 14.0 Å². The van der Waals surface area contributed by atoms with E-state index in [2.05, 4.69) is 39.2 Å². The number of hydrogen-bond acceptors (Lipinski definition) is 3. The van der Waals surface area contributed by atoms with Gasteiger partial charge >= 0.3 is 6.09 Å². The van der Waals surface area contributed by atoms with Gasteiger partial charge in [-0.2, -0.15) is 0 Å². The first-order chi connectivity index (χ1) is 9.73. The Morgan fingerprint density at radius 2 is 1.59 bits per heavy atom. The van der Waals surface area contributed by atoms with Crippen molar-refractivity contribution in [3.63, 3.8) is 0 Å². The van der Waals surface area contributed by atoms with Crippen LogP contribution in [0.4, 0.5) is 4.79 Å². The molecule has 2 atom stereocenters. The zero-order valence-corrected chi connectivity index (χ0v) is 17.6. The number of hydrogen-bond donors (Lipinski definition) is 1. The fourth-order valence-electron chi connectivity index (χ4n) is 1.47. The molecule has 0 heterocycles. The molecule has 0 rings (SSSR count). The smallest absolute Gasteiger partial charge is 0.408 e. The van der Waals surface area contributed by atoms with Crippen LogP contribution in [-0.4, -0.2) is 43.9 Å². The summed E-state index contributed by atoms with van der Waals surface area (Å²) in [6, 6.07) is -0.386. The molecule has 0 aliphatic heterocycles. The summed E-state index contributed by atoms with van der Waals surface area (Å²) in [6.45, 7) is 16.2. The van der Waals surface area contributed by atoms with Gasteiger partial charge in [-0.1, -0.05) is 20.8 Å². The van der Waals surface area contributed by atoms with Gasteiger partial charge in [-0.25, -0.2) is 4.79 Å². The Labute approximate surface area is 146 Å². The number of ether oxygens (including phenoxy) is 1. The van der Waals surface area contributed by atoms with E-state index in [9.17, 15) is 4.79 Å². The third kappa shape index (κ3) is 7.53. The lowest BCUT2D eigenvalue weighted by atomic mass is 10.2. The number of alkyl halides is 2. The zero-order chi connectivity index (χ0) is 17.8. The van der Waals surface area contributed by atoms with E-state index >= 15 is 0 Å². The normalized spacial score (nSPS) is 16.1. The SMILES string of the molecule is CC(C)(C)OC(=O)NC(CCl)C(CCl)O[Si](C)(C)C(C)(C)C. The van der Waals surface area contributed by atoms with Crippen LogP contribution in [0.3, 0.4) is 0 Å². The van der Waals surface area contributed by atoms with Gasteiger partial charge in [0.25, 0.3) is 0 Å². The van der Waals surface area contributed by atoms with Gasteiger partial charge in [0, 0.05) is 11.8 Å². The summed E-state index contributed by atoms with van der Waals surface area (Å²) in [5, 5.41) is 2.82. The van der Waals surface area contributed by atoms with Gasteiger partial charge in [-0.3, -0.25) is 0 Å². The molecule has 0 fully saturated rings. The van der Waals surface area contributed by atoms with E-state index in [1.807, 2.05) is 20.8 Å². The molecule has 0 radical (unpaired) electrons. The highest BCUT2D eigenvalue weighted by Gasteiger charge is 2.41. The van der Waals surface area contributed by atoms with E-state index < -0.39 is 20.0 Å². The Balaban J connectivity index is 4.92. The second-order valence-corrected chi connectivity index (χ2v) is 13.4. The fraction of sp³-hybridized carbons (Fsp3) is 0.933. The molecule has 132 valence electrons. The van der Waals surface area contributed by atoms with E-state index in [1.165, 1.54) is 0 Å². The average molecular weight is 372 g/mol. The number of rotatable bonds is 6. The largest absolute Gasteiger partial charge is 0.444 e. The van der Waals surface area contributed by atoms with Crippen molar-refractivity contribution in [2.24, 2.45) is 0 Å². The molecule has 0 aromatic heterocycles. The molecule has 4 nitrogen and oxygen atoms in total. The number of nitrogens with one attached hydrogen (secondary N) is 1. The summed E-state index contributed by atoms with van der Waals surface area (Å²) in [6.07, 6.45) is -0.848. The molecule has 0 aromatic rings. The van der Waals surface area contributed by atoms with Crippen LogP contribution in [0, 0.1) is 0 Å². The molecule has 1 N–H and O–H groups in total.